The first-order valence-corrected chi connectivity index (χ1v) is 6.73. The molecule has 1 aliphatic carbocycles. The van der Waals surface area contributed by atoms with Gasteiger partial charge in [0.2, 0.25) is 0 Å². The molecule has 1 amide bonds. The molecule has 0 atom stereocenters. The highest BCUT2D eigenvalue weighted by molar-refractivity contribution is 6.33. The fourth-order valence-electron chi connectivity index (χ4n) is 2.60. The summed E-state index contributed by atoms with van der Waals surface area (Å²) in [6.45, 7) is 0.205. The average Bonchev–Trinajstić information content (AvgIpc) is 2.75. The fourth-order valence-corrected chi connectivity index (χ4v) is 2.84. The molecule has 1 aromatic carbocycles. The maximum Gasteiger partial charge on any atom is 0.258 e. The van der Waals surface area contributed by atoms with Gasteiger partial charge < -0.3 is 10.0 Å². The second-order valence-corrected chi connectivity index (χ2v) is 5.60. The van der Waals surface area contributed by atoms with Crippen LogP contribution in [0.4, 0.5) is 4.39 Å². The first-order chi connectivity index (χ1) is 8.93. The molecule has 0 bridgehead atoms. The summed E-state index contributed by atoms with van der Waals surface area (Å²) in [4.78, 5) is 13.5. The van der Waals surface area contributed by atoms with Gasteiger partial charge in [-0.05, 0) is 25.0 Å². The lowest BCUT2D eigenvalue weighted by Crippen LogP contribution is -2.42. The third-order valence-corrected chi connectivity index (χ3v) is 3.90. The maximum absolute atomic E-state index is 13.7. The molecule has 1 aromatic rings. The van der Waals surface area contributed by atoms with Gasteiger partial charge in [-0.1, -0.05) is 30.5 Å². The van der Waals surface area contributed by atoms with E-state index in [0.717, 1.165) is 12.8 Å². The molecule has 0 spiro atoms. The molecule has 0 aromatic heterocycles. The van der Waals surface area contributed by atoms with E-state index in [9.17, 15) is 14.3 Å². The number of carbonyl (C=O) groups excluding carboxylic acids is 1. The van der Waals surface area contributed by atoms with Gasteiger partial charge in [-0.2, -0.15) is 0 Å². The molecule has 1 fully saturated rings. The molecule has 104 valence electrons. The molecule has 19 heavy (non-hydrogen) atoms. The number of benzene rings is 1. The van der Waals surface area contributed by atoms with Crippen LogP contribution < -0.4 is 0 Å². The molecular formula is C14H17ClFNO2. The first-order valence-electron chi connectivity index (χ1n) is 6.35. The van der Waals surface area contributed by atoms with E-state index in [-0.39, 0.29) is 17.1 Å². The van der Waals surface area contributed by atoms with E-state index in [0.29, 0.717) is 12.8 Å². The molecule has 1 aliphatic rings. The Morgan fingerprint density at radius 3 is 2.68 bits per heavy atom. The van der Waals surface area contributed by atoms with Crippen LogP contribution in [-0.2, 0) is 0 Å². The van der Waals surface area contributed by atoms with Crippen molar-refractivity contribution in [3.8, 4) is 0 Å². The summed E-state index contributed by atoms with van der Waals surface area (Å²) >= 11 is 5.87. The van der Waals surface area contributed by atoms with Crippen molar-refractivity contribution in [2.75, 3.05) is 13.6 Å². The van der Waals surface area contributed by atoms with Gasteiger partial charge in [0.15, 0.2) is 0 Å². The molecule has 0 unspecified atom stereocenters. The smallest absolute Gasteiger partial charge is 0.258 e. The van der Waals surface area contributed by atoms with E-state index in [1.165, 1.54) is 23.1 Å². The maximum atomic E-state index is 13.7. The van der Waals surface area contributed by atoms with Crippen molar-refractivity contribution < 1.29 is 14.3 Å². The molecule has 0 saturated heterocycles. The summed E-state index contributed by atoms with van der Waals surface area (Å²) in [7, 11) is 1.56. The fraction of sp³-hybridized carbons (Fsp3) is 0.500. The second-order valence-electron chi connectivity index (χ2n) is 5.19. The number of hydrogen-bond acceptors (Lipinski definition) is 2. The van der Waals surface area contributed by atoms with Crippen LogP contribution in [-0.4, -0.2) is 35.1 Å². The number of hydrogen-bond donors (Lipinski definition) is 1. The summed E-state index contributed by atoms with van der Waals surface area (Å²) in [6.07, 6.45) is 3.27. The van der Waals surface area contributed by atoms with E-state index in [1.807, 2.05) is 0 Å². The predicted molar refractivity (Wildman–Crippen MR) is 71.8 cm³/mol. The number of carbonyl (C=O) groups is 1. The van der Waals surface area contributed by atoms with E-state index < -0.39 is 17.3 Å². The highest BCUT2D eigenvalue weighted by Crippen LogP contribution is 2.30. The normalized spacial score (nSPS) is 17.5. The van der Waals surface area contributed by atoms with Crippen LogP contribution in [0.3, 0.4) is 0 Å². The van der Waals surface area contributed by atoms with Gasteiger partial charge in [0.05, 0.1) is 16.2 Å². The molecule has 0 aliphatic heterocycles. The minimum absolute atomic E-state index is 0.0928. The van der Waals surface area contributed by atoms with E-state index in [4.69, 9.17) is 11.6 Å². The molecule has 0 radical (unpaired) electrons. The molecule has 1 saturated carbocycles. The van der Waals surface area contributed by atoms with Crippen molar-refractivity contribution in [3.05, 3.63) is 34.6 Å². The Balaban J connectivity index is 2.15. The highest BCUT2D eigenvalue weighted by atomic mass is 35.5. The predicted octanol–water partition coefficient (Wildman–Crippen LogP) is 2.86. The Morgan fingerprint density at radius 1 is 1.47 bits per heavy atom. The molecule has 2 rings (SSSR count). The van der Waals surface area contributed by atoms with Gasteiger partial charge in [-0.25, -0.2) is 4.39 Å². The Labute approximate surface area is 117 Å². The van der Waals surface area contributed by atoms with E-state index >= 15 is 0 Å². The number of likely N-dealkylation sites (N-methyl/N-ethyl adjacent to an activating group) is 1. The van der Waals surface area contributed by atoms with E-state index in [1.54, 1.807) is 7.05 Å². The molecule has 5 heteroatoms. The highest BCUT2D eigenvalue weighted by Gasteiger charge is 2.34. The van der Waals surface area contributed by atoms with Crippen molar-refractivity contribution >= 4 is 17.5 Å². The number of halogens is 2. The summed E-state index contributed by atoms with van der Waals surface area (Å²) in [5.41, 5.74) is -0.976. The van der Waals surface area contributed by atoms with Crippen LogP contribution in [0.1, 0.15) is 36.0 Å². The minimum atomic E-state index is -0.845. The van der Waals surface area contributed by atoms with Gasteiger partial charge in [0, 0.05) is 13.6 Å². The van der Waals surface area contributed by atoms with Crippen LogP contribution in [0.2, 0.25) is 5.02 Å². The van der Waals surface area contributed by atoms with Crippen molar-refractivity contribution in [2.45, 2.75) is 31.3 Å². The summed E-state index contributed by atoms with van der Waals surface area (Å²) in [5.74, 6) is -1.13. The van der Waals surface area contributed by atoms with Gasteiger partial charge >= 0.3 is 0 Å². The summed E-state index contributed by atoms with van der Waals surface area (Å²) in [5, 5.41) is 10.4. The molecular weight excluding hydrogens is 269 g/mol. The Bertz CT molecular complexity index is 466. The SMILES string of the molecule is CN(CC1(O)CCCC1)C(=O)c1c(F)cccc1Cl. The van der Waals surface area contributed by atoms with Crippen LogP contribution >= 0.6 is 11.6 Å². The quantitative estimate of drug-likeness (QED) is 0.928. The second kappa shape index (κ2) is 5.47. The lowest BCUT2D eigenvalue weighted by molar-refractivity contribution is 0.0155. The zero-order valence-electron chi connectivity index (χ0n) is 10.8. The largest absolute Gasteiger partial charge is 0.388 e. The van der Waals surface area contributed by atoms with Crippen molar-refractivity contribution in [2.24, 2.45) is 0 Å². The lowest BCUT2D eigenvalue weighted by atomic mass is 10.0. The van der Waals surface area contributed by atoms with Gasteiger partial charge in [0.1, 0.15) is 5.82 Å². The van der Waals surface area contributed by atoms with Crippen molar-refractivity contribution in [3.63, 3.8) is 0 Å². The van der Waals surface area contributed by atoms with E-state index in [2.05, 4.69) is 0 Å². The third-order valence-electron chi connectivity index (χ3n) is 3.59. The topological polar surface area (TPSA) is 40.5 Å². The Morgan fingerprint density at radius 2 is 2.11 bits per heavy atom. The molecule has 3 nitrogen and oxygen atoms in total. The number of aliphatic hydroxyl groups is 1. The minimum Gasteiger partial charge on any atom is -0.388 e. The zero-order valence-corrected chi connectivity index (χ0v) is 11.6. The lowest BCUT2D eigenvalue weighted by Gasteiger charge is -2.28. The standard InChI is InChI=1S/C14H17ClFNO2/c1-17(9-14(19)7-2-3-8-14)13(18)12-10(15)5-4-6-11(12)16/h4-6,19H,2-3,7-9H2,1H3. The zero-order chi connectivity index (χ0) is 14.0. The monoisotopic (exact) mass is 285 g/mol. The first kappa shape index (κ1) is 14.3. The van der Waals surface area contributed by atoms with Gasteiger partial charge in [0.25, 0.3) is 5.91 Å². The van der Waals surface area contributed by atoms with Crippen molar-refractivity contribution in [1.82, 2.24) is 4.90 Å². The van der Waals surface area contributed by atoms with Crippen LogP contribution in [0.5, 0.6) is 0 Å². The number of amides is 1. The molecule has 1 N–H and O–H groups in total. The van der Waals surface area contributed by atoms with Gasteiger partial charge in [-0.15, -0.1) is 0 Å². The number of rotatable bonds is 3. The molecule has 0 heterocycles. The Hall–Kier alpha value is -1.13. The van der Waals surface area contributed by atoms with Crippen molar-refractivity contribution in [1.29, 1.82) is 0 Å². The van der Waals surface area contributed by atoms with Gasteiger partial charge in [-0.3, -0.25) is 4.79 Å². The summed E-state index contributed by atoms with van der Waals surface area (Å²) < 4.78 is 13.7. The van der Waals surface area contributed by atoms with Crippen LogP contribution in [0.25, 0.3) is 0 Å². The van der Waals surface area contributed by atoms with Crippen LogP contribution in [0, 0.1) is 5.82 Å². The number of nitrogens with zero attached hydrogens (tertiary/aromatic N) is 1. The third kappa shape index (κ3) is 3.07. The summed E-state index contributed by atoms with van der Waals surface area (Å²) in [6, 6.07) is 4.15. The Kier molecular flexibility index (Phi) is 4.11. The average molecular weight is 286 g/mol. The van der Waals surface area contributed by atoms with Crippen LogP contribution in [0.15, 0.2) is 18.2 Å².